The Kier molecular flexibility index (Phi) is 2.97. The van der Waals surface area contributed by atoms with E-state index in [0.29, 0.717) is 0 Å². The van der Waals surface area contributed by atoms with Crippen molar-refractivity contribution in [2.75, 3.05) is 20.6 Å². The summed E-state index contributed by atoms with van der Waals surface area (Å²) in [5, 5.41) is 5.87. The summed E-state index contributed by atoms with van der Waals surface area (Å²) in [4.78, 5) is 2.18. The second-order valence-electron chi connectivity index (χ2n) is 4.63. The molecular formula is C13H19N3. The third-order valence-corrected chi connectivity index (χ3v) is 2.85. The van der Waals surface area contributed by atoms with E-state index >= 15 is 0 Å². The van der Waals surface area contributed by atoms with Gasteiger partial charge in [-0.25, -0.2) is 0 Å². The van der Waals surface area contributed by atoms with Crippen molar-refractivity contribution in [3.05, 3.63) is 29.5 Å². The van der Waals surface area contributed by atoms with Crippen LogP contribution in [0.5, 0.6) is 0 Å². The lowest BCUT2D eigenvalue weighted by Gasteiger charge is -2.09. The molecule has 0 N–H and O–H groups in total. The first kappa shape index (κ1) is 11.1. The van der Waals surface area contributed by atoms with E-state index in [1.807, 2.05) is 0 Å². The summed E-state index contributed by atoms with van der Waals surface area (Å²) in [7, 11) is 4.17. The molecule has 16 heavy (non-hydrogen) atoms. The SMILES string of the molecule is Cc1ccc2c(c1)c(C)nn2CCN(C)C. The van der Waals surface area contributed by atoms with Crippen molar-refractivity contribution >= 4 is 10.9 Å². The summed E-state index contributed by atoms with van der Waals surface area (Å²) in [5.74, 6) is 0. The molecule has 2 rings (SSSR count). The van der Waals surface area contributed by atoms with E-state index in [1.54, 1.807) is 0 Å². The van der Waals surface area contributed by atoms with Crippen LogP contribution in [0.25, 0.3) is 10.9 Å². The van der Waals surface area contributed by atoms with Gasteiger partial charge in [0.05, 0.1) is 17.8 Å². The van der Waals surface area contributed by atoms with E-state index in [0.717, 1.165) is 18.8 Å². The average Bonchev–Trinajstić information content (AvgIpc) is 2.53. The summed E-state index contributed by atoms with van der Waals surface area (Å²) in [6, 6.07) is 6.53. The molecule has 0 spiro atoms. The lowest BCUT2D eigenvalue weighted by atomic mass is 10.1. The molecule has 0 saturated heterocycles. The second-order valence-corrected chi connectivity index (χ2v) is 4.63. The molecule has 3 nitrogen and oxygen atoms in total. The fourth-order valence-corrected chi connectivity index (χ4v) is 1.92. The maximum absolute atomic E-state index is 4.59. The van der Waals surface area contributed by atoms with Crippen LogP contribution < -0.4 is 0 Å². The van der Waals surface area contributed by atoms with Gasteiger partial charge in [0.1, 0.15) is 0 Å². The second kappa shape index (κ2) is 4.26. The number of nitrogens with zero attached hydrogens (tertiary/aromatic N) is 3. The Labute approximate surface area is 96.7 Å². The van der Waals surface area contributed by atoms with Crippen LogP contribution in [0.3, 0.4) is 0 Å². The van der Waals surface area contributed by atoms with Crippen molar-refractivity contribution in [2.45, 2.75) is 20.4 Å². The maximum atomic E-state index is 4.59. The number of benzene rings is 1. The van der Waals surface area contributed by atoms with Crippen molar-refractivity contribution in [3.8, 4) is 0 Å². The largest absolute Gasteiger partial charge is 0.308 e. The van der Waals surface area contributed by atoms with Gasteiger partial charge in [0, 0.05) is 11.9 Å². The summed E-state index contributed by atoms with van der Waals surface area (Å²) < 4.78 is 2.10. The molecule has 0 aliphatic heterocycles. The van der Waals surface area contributed by atoms with Gasteiger partial charge in [0.25, 0.3) is 0 Å². The molecule has 0 atom stereocenters. The monoisotopic (exact) mass is 217 g/mol. The minimum absolute atomic E-state index is 0.945. The molecule has 0 saturated carbocycles. The Morgan fingerprint density at radius 3 is 2.69 bits per heavy atom. The van der Waals surface area contributed by atoms with Crippen molar-refractivity contribution in [3.63, 3.8) is 0 Å². The Morgan fingerprint density at radius 1 is 1.25 bits per heavy atom. The smallest absolute Gasteiger partial charge is 0.0685 e. The highest BCUT2D eigenvalue weighted by Crippen LogP contribution is 2.19. The molecule has 0 unspecified atom stereocenters. The van der Waals surface area contributed by atoms with Gasteiger partial charge in [-0.2, -0.15) is 5.10 Å². The fourth-order valence-electron chi connectivity index (χ4n) is 1.92. The molecule has 0 radical (unpaired) electrons. The van der Waals surface area contributed by atoms with Crippen molar-refractivity contribution in [1.29, 1.82) is 0 Å². The molecule has 1 aromatic heterocycles. The van der Waals surface area contributed by atoms with Gasteiger partial charge >= 0.3 is 0 Å². The van der Waals surface area contributed by atoms with Gasteiger partial charge in [-0.3, -0.25) is 4.68 Å². The molecule has 2 aromatic rings. The Morgan fingerprint density at radius 2 is 2.00 bits per heavy atom. The van der Waals surface area contributed by atoms with Crippen molar-refractivity contribution in [2.24, 2.45) is 0 Å². The highest BCUT2D eigenvalue weighted by Gasteiger charge is 2.06. The first-order chi connectivity index (χ1) is 7.58. The lowest BCUT2D eigenvalue weighted by molar-refractivity contribution is 0.376. The first-order valence-corrected chi connectivity index (χ1v) is 5.66. The number of fused-ring (bicyclic) bond motifs is 1. The van der Waals surface area contributed by atoms with Crippen LogP contribution in [0.1, 0.15) is 11.3 Å². The third kappa shape index (κ3) is 2.09. The molecule has 0 amide bonds. The van der Waals surface area contributed by atoms with Crippen LogP contribution >= 0.6 is 0 Å². The topological polar surface area (TPSA) is 21.1 Å². The zero-order chi connectivity index (χ0) is 11.7. The van der Waals surface area contributed by atoms with Crippen molar-refractivity contribution < 1.29 is 0 Å². The standard InChI is InChI=1S/C13H19N3/c1-10-5-6-13-12(9-10)11(2)14-16(13)8-7-15(3)4/h5-6,9H,7-8H2,1-4H3. The van der Waals surface area contributed by atoms with E-state index in [4.69, 9.17) is 0 Å². The Balaban J connectivity index is 2.39. The highest BCUT2D eigenvalue weighted by atomic mass is 15.3. The number of hydrogen-bond acceptors (Lipinski definition) is 2. The molecule has 1 aromatic carbocycles. The van der Waals surface area contributed by atoms with Crippen LogP contribution in [0.2, 0.25) is 0 Å². The zero-order valence-electron chi connectivity index (χ0n) is 10.5. The average molecular weight is 217 g/mol. The van der Waals surface area contributed by atoms with Gasteiger partial charge in [0.15, 0.2) is 0 Å². The van der Waals surface area contributed by atoms with Crippen LogP contribution in [0.4, 0.5) is 0 Å². The minimum atomic E-state index is 0.945. The highest BCUT2D eigenvalue weighted by molar-refractivity contribution is 5.82. The Bertz CT molecular complexity index is 497. The minimum Gasteiger partial charge on any atom is -0.308 e. The van der Waals surface area contributed by atoms with Gasteiger partial charge in [-0.05, 0) is 40.1 Å². The molecule has 0 aliphatic carbocycles. The van der Waals surface area contributed by atoms with Crippen molar-refractivity contribution in [1.82, 2.24) is 14.7 Å². The summed E-state index contributed by atoms with van der Waals surface area (Å²) in [6.07, 6.45) is 0. The molecule has 86 valence electrons. The number of aromatic nitrogens is 2. The number of rotatable bonds is 3. The van der Waals surface area contributed by atoms with Crippen LogP contribution in [0, 0.1) is 13.8 Å². The number of likely N-dealkylation sites (N-methyl/N-ethyl adjacent to an activating group) is 1. The fraction of sp³-hybridized carbons (Fsp3) is 0.462. The molecule has 0 fully saturated rings. The zero-order valence-corrected chi connectivity index (χ0v) is 10.5. The molecule has 1 heterocycles. The maximum Gasteiger partial charge on any atom is 0.0685 e. The number of aryl methyl sites for hydroxylation is 2. The summed E-state index contributed by atoms with van der Waals surface area (Å²) >= 11 is 0. The third-order valence-electron chi connectivity index (χ3n) is 2.85. The van der Waals surface area contributed by atoms with E-state index in [-0.39, 0.29) is 0 Å². The first-order valence-electron chi connectivity index (χ1n) is 5.66. The Hall–Kier alpha value is -1.35. The quantitative estimate of drug-likeness (QED) is 0.786. The van der Waals surface area contributed by atoms with Crippen LogP contribution in [-0.4, -0.2) is 35.3 Å². The van der Waals surface area contributed by atoms with Gasteiger partial charge in [0.2, 0.25) is 0 Å². The van der Waals surface area contributed by atoms with E-state index < -0.39 is 0 Å². The molecule has 0 aliphatic rings. The van der Waals surface area contributed by atoms with Crippen LogP contribution in [0.15, 0.2) is 18.2 Å². The van der Waals surface area contributed by atoms with Crippen LogP contribution in [-0.2, 0) is 6.54 Å². The molecular weight excluding hydrogens is 198 g/mol. The van der Waals surface area contributed by atoms with Gasteiger partial charge in [-0.15, -0.1) is 0 Å². The van der Waals surface area contributed by atoms with E-state index in [2.05, 4.69) is 60.8 Å². The lowest BCUT2D eigenvalue weighted by Crippen LogP contribution is -2.18. The molecule has 3 heteroatoms. The normalized spacial score (nSPS) is 11.6. The molecule has 0 bridgehead atoms. The van der Waals surface area contributed by atoms with E-state index in [9.17, 15) is 0 Å². The predicted molar refractivity (Wildman–Crippen MR) is 67.8 cm³/mol. The predicted octanol–water partition coefficient (Wildman–Crippen LogP) is 2.21. The summed E-state index contributed by atoms with van der Waals surface area (Å²) in [6.45, 7) is 6.16. The van der Waals surface area contributed by atoms with Gasteiger partial charge < -0.3 is 4.90 Å². The van der Waals surface area contributed by atoms with E-state index in [1.165, 1.54) is 16.5 Å². The summed E-state index contributed by atoms with van der Waals surface area (Å²) in [5.41, 5.74) is 3.66. The number of hydrogen-bond donors (Lipinski definition) is 0. The van der Waals surface area contributed by atoms with Gasteiger partial charge in [-0.1, -0.05) is 11.6 Å².